The van der Waals surface area contributed by atoms with E-state index in [1.54, 1.807) is 0 Å². The lowest BCUT2D eigenvalue weighted by molar-refractivity contribution is -0.385. The second-order valence-corrected chi connectivity index (χ2v) is 4.21. The van der Waals surface area contributed by atoms with Gasteiger partial charge in [-0.2, -0.15) is 0 Å². The summed E-state index contributed by atoms with van der Waals surface area (Å²) in [5.74, 6) is 0.268. The first-order chi connectivity index (χ1) is 8.16. The van der Waals surface area contributed by atoms with Gasteiger partial charge in [0.15, 0.2) is 0 Å². The van der Waals surface area contributed by atoms with Gasteiger partial charge in [-0.3, -0.25) is 10.1 Å². The maximum Gasteiger partial charge on any atom is 0.289 e. The number of nitro groups is 1. The Morgan fingerprint density at radius 2 is 2.24 bits per heavy atom. The highest BCUT2D eigenvalue weighted by Crippen LogP contribution is 2.27. The number of halogens is 1. The Bertz CT molecular complexity index is 421. The number of hydrogen-bond donors (Lipinski definition) is 1. The smallest absolute Gasteiger partial charge is 0.289 e. The lowest BCUT2D eigenvalue weighted by Gasteiger charge is -2.23. The van der Waals surface area contributed by atoms with Crippen LogP contribution in [0, 0.1) is 10.1 Å². The summed E-state index contributed by atoms with van der Waals surface area (Å²) in [6.07, 6.45) is 2.99. The van der Waals surface area contributed by atoms with Crippen molar-refractivity contribution in [3.8, 4) is 5.88 Å². The van der Waals surface area contributed by atoms with E-state index in [1.165, 1.54) is 6.07 Å². The molecule has 92 valence electrons. The number of pyridine rings is 1. The Kier molecular flexibility index (Phi) is 3.75. The van der Waals surface area contributed by atoms with Gasteiger partial charge in [0.05, 0.1) is 4.92 Å². The molecule has 0 atom stereocenters. The molecule has 0 aromatic carbocycles. The number of nitrogens with one attached hydrogen (secondary N) is 1. The highest BCUT2D eigenvalue weighted by molar-refractivity contribution is 6.32. The predicted molar refractivity (Wildman–Crippen MR) is 62.4 cm³/mol. The molecule has 0 unspecified atom stereocenters. The molecule has 0 aliphatic carbocycles. The Morgan fingerprint density at radius 3 is 2.82 bits per heavy atom. The van der Waals surface area contributed by atoms with Crippen molar-refractivity contribution in [2.24, 2.45) is 0 Å². The summed E-state index contributed by atoms with van der Waals surface area (Å²) in [7, 11) is 0. The summed E-state index contributed by atoms with van der Waals surface area (Å²) < 4.78 is 5.62. The molecule has 0 spiro atoms. The second-order valence-electron chi connectivity index (χ2n) is 3.80. The minimum absolute atomic E-state index is 0.0720. The number of aromatic nitrogens is 1. The van der Waals surface area contributed by atoms with Crippen LogP contribution in [-0.4, -0.2) is 29.1 Å². The van der Waals surface area contributed by atoms with Crippen molar-refractivity contribution >= 4 is 17.3 Å². The van der Waals surface area contributed by atoms with E-state index in [0.717, 1.165) is 32.1 Å². The van der Waals surface area contributed by atoms with Crippen LogP contribution < -0.4 is 10.1 Å². The van der Waals surface area contributed by atoms with Crippen molar-refractivity contribution in [1.29, 1.82) is 0 Å². The quantitative estimate of drug-likeness (QED) is 0.660. The Morgan fingerprint density at radius 1 is 1.53 bits per heavy atom. The van der Waals surface area contributed by atoms with Crippen LogP contribution >= 0.6 is 11.6 Å². The van der Waals surface area contributed by atoms with Crippen LogP contribution in [0.3, 0.4) is 0 Å². The zero-order valence-electron chi connectivity index (χ0n) is 9.06. The molecule has 17 heavy (non-hydrogen) atoms. The van der Waals surface area contributed by atoms with E-state index in [9.17, 15) is 10.1 Å². The molecular weight excluding hydrogens is 246 g/mol. The zero-order chi connectivity index (χ0) is 12.3. The molecule has 0 bridgehead atoms. The molecule has 0 saturated carbocycles. The molecule has 2 rings (SSSR count). The summed E-state index contributed by atoms with van der Waals surface area (Å²) in [6, 6.07) is 1.25. The van der Waals surface area contributed by atoms with E-state index in [4.69, 9.17) is 16.3 Å². The van der Waals surface area contributed by atoms with Gasteiger partial charge in [-0.05, 0) is 25.9 Å². The van der Waals surface area contributed by atoms with Crippen molar-refractivity contribution in [3.63, 3.8) is 0 Å². The molecule has 1 aliphatic heterocycles. The fourth-order valence-corrected chi connectivity index (χ4v) is 1.88. The maximum absolute atomic E-state index is 10.5. The van der Waals surface area contributed by atoms with Crippen LogP contribution in [0.4, 0.5) is 5.69 Å². The monoisotopic (exact) mass is 257 g/mol. The van der Waals surface area contributed by atoms with E-state index in [0.29, 0.717) is 0 Å². The van der Waals surface area contributed by atoms with Crippen molar-refractivity contribution in [1.82, 2.24) is 10.3 Å². The number of rotatable bonds is 3. The number of hydrogen-bond acceptors (Lipinski definition) is 5. The highest BCUT2D eigenvalue weighted by Gasteiger charge is 2.18. The first-order valence-corrected chi connectivity index (χ1v) is 5.72. The van der Waals surface area contributed by atoms with Gasteiger partial charge in [0.25, 0.3) is 5.69 Å². The highest BCUT2D eigenvalue weighted by atomic mass is 35.5. The van der Waals surface area contributed by atoms with E-state index in [1.807, 2.05) is 0 Å². The van der Waals surface area contributed by atoms with Gasteiger partial charge in [-0.25, -0.2) is 4.98 Å². The normalized spacial score (nSPS) is 16.8. The van der Waals surface area contributed by atoms with Crippen molar-refractivity contribution in [2.75, 3.05) is 13.1 Å². The van der Waals surface area contributed by atoms with Gasteiger partial charge in [-0.1, -0.05) is 11.6 Å². The fourth-order valence-electron chi connectivity index (χ4n) is 1.67. The van der Waals surface area contributed by atoms with E-state index >= 15 is 0 Å². The minimum Gasteiger partial charge on any atom is -0.473 e. The minimum atomic E-state index is -0.535. The summed E-state index contributed by atoms with van der Waals surface area (Å²) >= 11 is 5.89. The third-order valence-corrected chi connectivity index (χ3v) is 2.84. The first kappa shape index (κ1) is 12.1. The molecule has 1 aromatic rings. The van der Waals surface area contributed by atoms with Gasteiger partial charge in [0.1, 0.15) is 17.3 Å². The number of piperidine rings is 1. The standard InChI is InChI=1S/C10H12ClN3O3/c11-9-5-7(14(15)16)6-13-10(9)17-8-1-3-12-4-2-8/h5-6,8,12H,1-4H2. The molecule has 7 heteroatoms. The Balaban J connectivity index is 2.08. The van der Waals surface area contributed by atoms with E-state index in [-0.39, 0.29) is 22.7 Å². The second kappa shape index (κ2) is 5.29. The predicted octanol–water partition coefficient (Wildman–Crippen LogP) is 1.77. The summed E-state index contributed by atoms with van der Waals surface area (Å²) in [6.45, 7) is 1.80. The van der Waals surface area contributed by atoms with Crippen LogP contribution in [0.15, 0.2) is 12.3 Å². The first-order valence-electron chi connectivity index (χ1n) is 5.34. The molecular formula is C10H12ClN3O3. The summed E-state index contributed by atoms with van der Waals surface area (Å²) in [5.41, 5.74) is -0.132. The third-order valence-electron chi connectivity index (χ3n) is 2.57. The van der Waals surface area contributed by atoms with Crippen LogP contribution in [0.2, 0.25) is 5.02 Å². The van der Waals surface area contributed by atoms with Gasteiger partial charge < -0.3 is 10.1 Å². The maximum atomic E-state index is 10.5. The Labute approximate surface area is 103 Å². The van der Waals surface area contributed by atoms with E-state index in [2.05, 4.69) is 10.3 Å². The van der Waals surface area contributed by atoms with Crippen LogP contribution in [0.5, 0.6) is 5.88 Å². The summed E-state index contributed by atoms with van der Waals surface area (Å²) in [4.78, 5) is 13.9. The molecule has 1 fully saturated rings. The lowest BCUT2D eigenvalue weighted by atomic mass is 10.1. The molecule has 0 amide bonds. The molecule has 2 heterocycles. The molecule has 1 aliphatic rings. The molecule has 1 N–H and O–H groups in total. The SMILES string of the molecule is O=[N+]([O-])c1cnc(OC2CCNCC2)c(Cl)c1. The van der Waals surface area contributed by atoms with Crippen LogP contribution in [0.1, 0.15) is 12.8 Å². The van der Waals surface area contributed by atoms with Crippen LogP contribution in [-0.2, 0) is 0 Å². The fraction of sp³-hybridized carbons (Fsp3) is 0.500. The van der Waals surface area contributed by atoms with Crippen molar-refractivity contribution < 1.29 is 9.66 Å². The van der Waals surface area contributed by atoms with Gasteiger partial charge in [0.2, 0.25) is 5.88 Å². The number of ether oxygens (including phenoxy) is 1. The van der Waals surface area contributed by atoms with Gasteiger partial charge >= 0.3 is 0 Å². The van der Waals surface area contributed by atoms with E-state index < -0.39 is 4.92 Å². The average Bonchev–Trinajstić information content (AvgIpc) is 2.33. The number of nitrogens with zero attached hydrogens (tertiary/aromatic N) is 2. The Hall–Kier alpha value is -1.40. The molecule has 0 radical (unpaired) electrons. The van der Waals surface area contributed by atoms with Crippen molar-refractivity contribution in [3.05, 3.63) is 27.4 Å². The van der Waals surface area contributed by atoms with Gasteiger partial charge in [-0.15, -0.1) is 0 Å². The third kappa shape index (κ3) is 3.04. The van der Waals surface area contributed by atoms with Gasteiger partial charge in [0, 0.05) is 6.07 Å². The lowest BCUT2D eigenvalue weighted by Crippen LogP contribution is -2.34. The summed E-state index contributed by atoms with van der Waals surface area (Å²) in [5, 5.41) is 13.9. The largest absolute Gasteiger partial charge is 0.473 e. The molecule has 1 aromatic heterocycles. The van der Waals surface area contributed by atoms with Crippen molar-refractivity contribution in [2.45, 2.75) is 18.9 Å². The average molecular weight is 258 g/mol. The zero-order valence-corrected chi connectivity index (χ0v) is 9.81. The molecule has 6 nitrogen and oxygen atoms in total. The molecule has 1 saturated heterocycles. The van der Waals surface area contributed by atoms with Crippen LogP contribution in [0.25, 0.3) is 0 Å². The topological polar surface area (TPSA) is 77.3 Å².